The number of amides is 1. The van der Waals surface area contributed by atoms with Gasteiger partial charge in [0.25, 0.3) is 17.3 Å². The molecule has 1 N–H and O–H groups in total. The molecule has 0 unspecified atom stereocenters. The van der Waals surface area contributed by atoms with Crippen LogP contribution in [0.25, 0.3) is 0 Å². The van der Waals surface area contributed by atoms with Crippen molar-refractivity contribution in [3.05, 3.63) is 73.8 Å². The zero-order valence-corrected chi connectivity index (χ0v) is 13.5. The highest BCUT2D eigenvalue weighted by molar-refractivity contribution is 5.96. The highest BCUT2D eigenvalue weighted by atomic mass is 16.6. The number of anilines is 1. The number of ether oxygens (including phenoxy) is 1. The first kappa shape index (κ1) is 18.5. The minimum atomic E-state index is -1.08. The van der Waals surface area contributed by atoms with Gasteiger partial charge >= 0.3 is 5.97 Å². The third-order valence-corrected chi connectivity index (χ3v) is 3.37. The van der Waals surface area contributed by atoms with Crippen LogP contribution in [-0.4, -0.2) is 28.3 Å². The number of nitro benzene ring substituents is 2. The van der Waals surface area contributed by atoms with Gasteiger partial charge in [0.05, 0.1) is 15.4 Å². The van der Waals surface area contributed by atoms with Crippen LogP contribution in [0.1, 0.15) is 15.9 Å². The van der Waals surface area contributed by atoms with Crippen molar-refractivity contribution in [1.29, 1.82) is 0 Å². The molecule has 0 bridgehead atoms. The zero-order chi connectivity index (χ0) is 19.3. The lowest BCUT2D eigenvalue weighted by Crippen LogP contribution is -2.21. The van der Waals surface area contributed by atoms with Crippen LogP contribution in [0.5, 0.6) is 0 Å². The summed E-state index contributed by atoms with van der Waals surface area (Å²) in [6, 6.07) is 10.2. The normalized spacial score (nSPS) is 10.0. The van der Waals surface area contributed by atoms with E-state index >= 15 is 0 Å². The molecule has 0 fully saturated rings. The molecule has 134 valence electrons. The Morgan fingerprint density at radius 2 is 1.58 bits per heavy atom. The van der Waals surface area contributed by atoms with Crippen molar-refractivity contribution < 1.29 is 24.2 Å². The summed E-state index contributed by atoms with van der Waals surface area (Å²) in [5.74, 6) is -1.71. The highest BCUT2D eigenvalue weighted by Crippen LogP contribution is 2.29. The van der Waals surface area contributed by atoms with Crippen molar-refractivity contribution in [3.63, 3.8) is 0 Å². The van der Waals surface area contributed by atoms with Gasteiger partial charge in [-0.2, -0.15) is 0 Å². The number of nitro groups is 2. The smallest absolute Gasteiger partial charge is 0.339 e. The molecule has 1 amide bonds. The van der Waals surface area contributed by atoms with Crippen molar-refractivity contribution in [2.45, 2.75) is 6.92 Å². The van der Waals surface area contributed by atoms with E-state index in [4.69, 9.17) is 4.74 Å². The van der Waals surface area contributed by atoms with Crippen LogP contribution in [0.2, 0.25) is 0 Å². The second-order valence-electron chi connectivity index (χ2n) is 5.14. The molecule has 0 atom stereocenters. The quantitative estimate of drug-likeness (QED) is 0.474. The van der Waals surface area contributed by atoms with Gasteiger partial charge in [-0.15, -0.1) is 0 Å². The van der Waals surface area contributed by atoms with Gasteiger partial charge in [0.1, 0.15) is 5.56 Å². The number of benzene rings is 2. The van der Waals surface area contributed by atoms with Gasteiger partial charge in [-0.1, -0.05) is 18.2 Å². The van der Waals surface area contributed by atoms with Gasteiger partial charge in [0.15, 0.2) is 6.61 Å². The maximum Gasteiger partial charge on any atom is 0.339 e. The standard InChI is InChI=1S/C16H13N3O7/c1-10-13(18(22)23)7-11(8-14(10)19(24)25)16(21)26-9-15(20)17-12-5-3-2-4-6-12/h2-8H,9H2,1H3,(H,17,20). The van der Waals surface area contributed by atoms with Crippen LogP contribution in [0, 0.1) is 27.2 Å². The second-order valence-corrected chi connectivity index (χ2v) is 5.14. The summed E-state index contributed by atoms with van der Waals surface area (Å²) < 4.78 is 4.78. The van der Waals surface area contributed by atoms with E-state index in [2.05, 4.69) is 5.32 Å². The van der Waals surface area contributed by atoms with Gasteiger partial charge in [-0.3, -0.25) is 25.0 Å². The number of esters is 1. The molecule has 0 heterocycles. The summed E-state index contributed by atoms with van der Waals surface area (Å²) in [7, 11) is 0. The Morgan fingerprint density at radius 1 is 1.04 bits per heavy atom. The van der Waals surface area contributed by atoms with Crippen LogP contribution in [-0.2, 0) is 9.53 Å². The van der Waals surface area contributed by atoms with E-state index in [0.717, 1.165) is 12.1 Å². The molecule has 26 heavy (non-hydrogen) atoms. The fourth-order valence-corrected chi connectivity index (χ4v) is 2.11. The largest absolute Gasteiger partial charge is 0.452 e. The third-order valence-electron chi connectivity index (χ3n) is 3.37. The molecule has 2 aromatic rings. The van der Waals surface area contributed by atoms with Crippen LogP contribution >= 0.6 is 0 Å². The van der Waals surface area contributed by atoms with Gasteiger partial charge in [0.2, 0.25) is 0 Å². The summed E-state index contributed by atoms with van der Waals surface area (Å²) in [6.45, 7) is 0.557. The average molecular weight is 359 g/mol. The van der Waals surface area contributed by atoms with Gasteiger partial charge in [0, 0.05) is 17.8 Å². The molecule has 10 nitrogen and oxygen atoms in total. The van der Waals surface area contributed by atoms with E-state index in [1.54, 1.807) is 30.3 Å². The molecule has 2 aromatic carbocycles. The minimum absolute atomic E-state index is 0.182. The summed E-state index contributed by atoms with van der Waals surface area (Å²) >= 11 is 0. The Bertz CT molecular complexity index is 846. The maximum absolute atomic E-state index is 12.0. The SMILES string of the molecule is Cc1c([N+](=O)[O-])cc(C(=O)OCC(=O)Nc2ccccc2)cc1[N+](=O)[O-]. The summed E-state index contributed by atoms with van der Waals surface area (Å²) in [5.41, 5.74) is -1.24. The van der Waals surface area contributed by atoms with Crippen LogP contribution in [0.4, 0.5) is 17.1 Å². The molecule has 10 heteroatoms. The number of hydrogen-bond donors (Lipinski definition) is 1. The minimum Gasteiger partial charge on any atom is -0.452 e. The lowest BCUT2D eigenvalue weighted by atomic mass is 10.1. The van der Waals surface area contributed by atoms with Crippen molar-refractivity contribution >= 4 is 28.9 Å². The van der Waals surface area contributed by atoms with Crippen molar-refractivity contribution in [2.75, 3.05) is 11.9 Å². The third kappa shape index (κ3) is 4.38. The topological polar surface area (TPSA) is 142 Å². The van der Waals surface area contributed by atoms with E-state index in [-0.39, 0.29) is 11.1 Å². The van der Waals surface area contributed by atoms with E-state index in [1.165, 1.54) is 6.92 Å². The van der Waals surface area contributed by atoms with Crippen LogP contribution in [0.3, 0.4) is 0 Å². The number of nitrogens with one attached hydrogen (secondary N) is 1. The molecular weight excluding hydrogens is 346 g/mol. The van der Waals surface area contributed by atoms with Crippen LogP contribution < -0.4 is 5.32 Å². The Kier molecular flexibility index (Phi) is 5.58. The molecule has 0 radical (unpaired) electrons. The second kappa shape index (κ2) is 7.83. The van der Waals surface area contributed by atoms with Crippen molar-refractivity contribution in [1.82, 2.24) is 0 Å². The number of carbonyl (C=O) groups is 2. The lowest BCUT2D eigenvalue weighted by Gasteiger charge is -2.07. The summed E-state index contributed by atoms with van der Waals surface area (Å²) in [6.07, 6.45) is 0. The van der Waals surface area contributed by atoms with Gasteiger partial charge in [-0.25, -0.2) is 4.79 Å². The molecule has 0 spiro atoms. The fourth-order valence-electron chi connectivity index (χ4n) is 2.11. The number of nitrogens with zero attached hydrogens (tertiary/aromatic N) is 2. The molecule has 0 saturated heterocycles. The molecule has 0 aliphatic rings. The van der Waals surface area contributed by atoms with Crippen LogP contribution in [0.15, 0.2) is 42.5 Å². The predicted octanol–water partition coefficient (Wildman–Crippen LogP) is 2.61. The lowest BCUT2D eigenvalue weighted by molar-refractivity contribution is -0.395. The number of rotatable bonds is 6. The van der Waals surface area contributed by atoms with Crippen molar-refractivity contribution in [2.24, 2.45) is 0 Å². The molecule has 2 rings (SSSR count). The Morgan fingerprint density at radius 3 is 2.08 bits per heavy atom. The number of para-hydroxylation sites is 1. The molecule has 0 saturated carbocycles. The number of hydrogen-bond acceptors (Lipinski definition) is 7. The number of carbonyl (C=O) groups excluding carboxylic acids is 2. The van der Waals surface area contributed by atoms with E-state index < -0.39 is 39.7 Å². The maximum atomic E-state index is 12.0. The highest BCUT2D eigenvalue weighted by Gasteiger charge is 2.26. The first-order valence-corrected chi connectivity index (χ1v) is 7.25. The Hall–Kier alpha value is -3.82. The summed E-state index contributed by atoms with van der Waals surface area (Å²) in [5, 5.41) is 24.5. The monoisotopic (exact) mass is 359 g/mol. The van der Waals surface area contributed by atoms with Crippen molar-refractivity contribution in [3.8, 4) is 0 Å². The van der Waals surface area contributed by atoms with E-state index in [1.807, 2.05) is 0 Å². The zero-order valence-electron chi connectivity index (χ0n) is 13.5. The van der Waals surface area contributed by atoms with Gasteiger partial charge in [-0.05, 0) is 19.1 Å². The molecular formula is C16H13N3O7. The summed E-state index contributed by atoms with van der Waals surface area (Å²) in [4.78, 5) is 44.1. The Balaban J connectivity index is 2.12. The molecule has 0 aliphatic carbocycles. The average Bonchev–Trinajstić information content (AvgIpc) is 2.60. The Labute approximate surface area is 146 Å². The first-order valence-electron chi connectivity index (χ1n) is 7.25. The molecule has 0 aromatic heterocycles. The van der Waals surface area contributed by atoms with E-state index in [0.29, 0.717) is 5.69 Å². The first-order chi connectivity index (χ1) is 12.3. The molecule has 0 aliphatic heterocycles. The fraction of sp³-hybridized carbons (Fsp3) is 0.125. The van der Waals surface area contributed by atoms with Gasteiger partial charge < -0.3 is 10.1 Å². The van der Waals surface area contributed by atoms with E-state index in [9.17, 15) is 29.8 Å². The predicted molar refractivity (Wildman–Crippen MR) is 89.8 cm³/mol.